The number of amides is 1. The van der Waals surface area contributed by atoms with Crippen molar-refractivity contribution >= 4 is 33.2 Å². The summed E-state index contributed by atoms with van der Waals surface area (Å²) in [5, 5.41) is -0.0603. The van der Waals surface area contributed by atoms with Crippen LogP contribution in [0.15, 0.2) is 36.4 Å². The molecular formula is C39H50ClF2N3O6S. The number of carbonyl (C=O) groups is 1. The number of ether oxygens (including phenoxy) is 3. The van der Waals surface area contributed by atoms with Gasteiger partial charge < -0.3 is 19.1 Å². The van der Waals surface area contributed by atoms with Crippen molar-refractivity contribution in [1.29, 1.82) is 0 Å². The second-order valence-corrected chi connectivity index (χ2v) is 19.0. The van der Waals surface area contributed by atoms with E-state index < -0.39 is 33.4 Å². The predicted molar refractivity (Wildman–Crippen MR) is 195 cm³/mol. The Morgan fingerprint density at radius 3 is 2.46 bits per heavy atom. The molecule has 2 aromatic rings. The zero-order valence-electron chi connectivity index (χ0n) is 30.0. The van der Waals surface area contributed by atoms with Gasteiger partial charge in [0.05, 0.1) is 49.9 Å². The summed E-state index contributed by atoms with van der Waals surface area (Å²) in [6.07, 6.45) is 6.74. The first-order chi connectivity index (χ1) is 24.8. The lowest BCUT2D eigenvalue weighted by atomic mass is 9.64. The van der Waals surface area contributed by atoms with Crippen LogP contribution in [-0.4, -0.2) is 88.7 Å². The van der Waals surface area contributed by atoms with Crippen molar-refractivity contribution in [3.8, 4) is 5.75 Å². The van der Waals surface area contributed by atoms with E-state index in [-0.39, 0.29) is 41.9 Å². The molecule has 0 unspecified atom stereocenters. The number of fused-ring (bicyclic) bond motifs is 4. The molecule has 3 fully saturated rings. The Morgan fingerprint density at radius 1 is 0.942 bits per heavy atom. The van der Waals surface area contributed by atoms with Crippen LogP contribution in [0.5, 0.6) is 5.75 Å². The highest BCUT2D eigenvalue weighted by atomic mass is 35.5. The molecule has 0 radical (unpaired) electrons. The third kappa shape index (κ3) is 6.95. The Kier molecular flexibility index (Phi) is 9.79. The van der Waals surface area contributed by atoms with Crippen molar-refractivity contribution in [2.45, 2.75) is 94.1 Å². The van der Waals surface area contributed by atoms with Crippen LogP contribution in [0.25, 0.3) is 0 Å². The van der Waals surface area contributed by atoms with E-state index in [9.17, 15) is 22.0 Å². The molecule has 2 aromatic carbocycles. The quantitative estimate of drug-likeness (QED) is 0.375. The molecule has 1 N–H and O–H groups in total. The number of benzene rings is 2. The van der Waals surface area contributed by atoms with E-state index in [2.05, 4.69) is 21.8 Å². The molecule has 284 valence electrons. The van der Waals surface area contributed by atoms with E-state index in [4.69, 9.17) is 25.8 Å². The second kappa shape index (κ2) is 14.0. The molecule has 52 heavy (non-hydrogen) atoms. The molecular weight excluding hydrogens is 712 g/mol. The first-order valence-corrected chi connectivity index (χ1v) is 20.9. The number of hydrogen-bond donors (Lipinski definition) is 1. The molecule has 6 atom stereocenters. The first-order valence-electron chi connectivity index (χ1n) is 19.0. The summed E-state index contributed by atoms with van der Waals surface area (Å²) in [4.78, 5) is 17.7. The average Bonchev–Trinajstić information content (AvgIpc) is 3.24. The molecule has 0 aromatic heterocycles. The number of sulfonamides is 1. The number of alkyl halides is 2. The van der Waals surface area contributed by atoms with Gasteiger partial charge in [0.1, 0.15) is 5.75 Å². The molecule has 6 aliphatic rings. The largest absolute Gasteiger partial charge is 0.490 e. The maximum absolute atomic E-state index is 13.6. The van der Waals surface area contributed by atoms with Gasteiger partial charge in [-0.15, -0.1) is 0 Å². The molecule has 4 aliphatic heterocycles. The summed E-state index contributed by atoms with van der Waals surface area (Å²) < 4.78 is 76.1. The van der Waals surface area contributed by atoms with E-state index in [0.29, 0.717) is 50.4 Å². The normalized spacial score (nSPS) is 36.2. The molecule has 2 bridgehead atoms. The van der Waals surface area contributed by atoms with Gasteiger partial charge >= 0.3 is 0 Å². The highest BCUT2D eigenvalue weighted by molar-refractivity contribution is 7.90. The molecule has 1 amide bonds. The number of anilines is 1. The minimum Gasteiger partial charge on any atom is -0.490 e. The van der Waals surface area contributed by atoms with Gasteiger partial charge in [0.2, 0.25) is 10.0 Å². The predicted octanol–water partition coefficient (Wildman–Crippen LogP) is 6.42. The van der Waals surface area contributed by atoms with Crippen molar-refractivity contribution in [3.63, 3.8) is 0 Å². The molecule has 2 saturated heterocycles. The molecule has 1 saturated carbocycles. The standard InChI is InChI=1S/C39H50ClF2N3O6S/c1-24-5-3-7-32(37-49-18-30(19-50-37)45-21-39(41,42)22-45)31-11-8-28(31)17-44-20-38(14-4-6-26-15-29(40)10-12-33(26)38)23-51-35-13-9-27(16-34(35)44)36(46)43-52(47,48)25(24)2/h9-10,12-13,15-16,24-25,28,30-32,37H,3-8,11,14,17-23H2,1-2H3,(H,43,46)/t24-,25+,28-,30?,31+,32-,37?,38-/m0/s1. The van der Waals surface area contributed by atoms with Crippen molar-refractivity contribution in [2.24, 2.45) is 23.7 Å². The molecule has 9 nitrogen and oxygen atoms in total. The number of rotatable bonds is 2. The van der Waals surface area contributed by atoms with Crippen molar-refractivity contribution in [3.05, 3.63) is 58.1 Å². The summed E-state index contributed by atoms with van der Waals surface area (Å²) in [6, 6.07) is 11.2. The Labute approximate surface area is 310 Å². The summed E-state index contributed by atoms with van der Waals surface area (Å²) in [5.74, 6) is -2.11. The van der Waals surface area contributed by atoms with Crippen LogP contribution >= 0.6 is 11.6 Å². The molecule has 8 rings (SSSR count). The monoisotopic (exact) mass is 761 g/mol. The SMILES string of the molecule is C[C@@H]1[C@@H](C)CCC[C@H](C2OCC(N3CC(F)(F)C3)CO2)[C@@H]2CC[C@H]2CN2C[C@@]3(CCCc4cc(Cl)ccc43)COc3ccc(cc32)C(=O)NS1(=O)=O. The van der Waals surface area contributed by atoms with Gasteiger partial charge in [-0.2, -0.15) is 0 Å². The third-order valence-corrected chi connectivity index (χ3v) is 15.3. The van der Waals surface area contributed by atoms with Crippen molar-refractivity contribution in [1.82, 2.24) is 9.62 Å². The van der Waals surface area contributed by atoms with E-state index in [1.54, 1.807) is 30.0 Å². The van der Waals surface area contributed by atoms with Gasteiger partial charge in [-0.1, -0.05) is 31.0 Å². The van der Waals surface area contributed by atoms with Crippen LogP contribution in [-0.2, 0) is 31.3 Å². The van der Waals surface area contributed by atoms with E-state index in [1.165, 1.54) is 11.1 Å². The minimum atomic E-state index is -3.96. The Bertz CT molecular complexity index is 1780. The van der Waals surface area contributed by atoms with Crippen molar-refractivity contribution in [2.75, 3.05) is 50.9 Å². The molecule has 2 aliphatic carbocycles. The molecule has 4 heterocycles. The average molecular weight is 762 g/mol. The number of aryl methyl sites for hydroxylation is 1. The highest BCUT2D eigenvalue weighted by Crippen LogP contribution is 2.49. The number of halogens is 3. The van der Waals surface area contributed by atoms with E-state index >= 15 is 0 Å². The third-order valence-electron chi connectivity index (χ3n) is 13.1. The van der Waals surface area contributed by atoms with E-state index in [0.717, 1.165) is 62.2 Å². The maximum atomic E-state index is 13.6. The topological polar surface area (TPSA) is 97.4 Å². The maximum Gasteiger partial charge on any atom is 0.272 e. The Balaban J connectivity index is 1.13. The first kappa shape index (κ1) is 36.5. The summed E-state index contributed by atoms with van der Waals surface area (Å²) >= 11 is 6.46. The zero-order valence-corrected chi connectivity index (χ0v) is 31.6. The lowest BCUT2D eigenvalue weighted by molar-refractivity contribution is -0.260. The van der Waals surface area contributed by atoms with Gasteiger partial charge in [-0.05, 0) is 111 Å². The minimum absolute atomic E-state index is 0.0739. The number of carbonyl (C=O) groups excluding carboxylic acids is 1. The van der Waals surface area contributed by atoms with E-state index in [1.807, 2.05) is 13.0 Å². The van der Waals surface area contributed by atoms with Gasteiger partial charge in [-0.3, -0.25) is 9.69 Å². The number of nitrogens with one attached hydrogen (secondary N) is 1. The smallest absolute Gasteiger partial charge is 0.272 e. The lowest BCUT2D eigenvalue weighted by Crippen LogP contribution is -2.63. The van der Waals surface area contributed by atoms with Crippen LogP contribution in [0.3, 0.4) is 0 Å². The summed E-state index contributed by atoms with van der Waals surface area (Å²) in [5.41, 5.74) is 3.25. The number of likely N-dealkylation sites (tertiary alicyclic amines) is 1. The van der Waals surface area contributed by atoms with Crippen LogP contribution in [0, 0.1) is 23.7 Å². The number of hydrogen-bond acceptors (Lipinski definition) is 8. The molecule has 1 spiro atoms. The van der Waals surface area contributed by atoms with Gasteiger partial charge in [-0.25, -0.2) is 21.9 Å². The Hall–Kier alpha value is -2.51. The van der Waals surface area contributed by atoms with Gasteiger partial charge in [0, 0.05) is 35.0 Å². The van der Waals surface area contributed by atoms with Crippen LogP contribution in [0.1, 0.15) is 80.3 Å². The van der Waals surface area contributed by atoms with Crippen LogP contribution in [0.2, 0.25) is 5.02 Å². The fourth-order valence-electron chi connectivity index (χ4n) is 9.74. The summed E-state index contributed by atoms with van der Waals surface area (Å²) in [7, 11) is -3.96. The van der Waals surface area contributed by atoms with Gasteiger partial charge in [0.25, 0.3) is 11.8 Å². The summed E-state index contributed by atoms with van der Waals surface area (Å²) in [6.45, 7) is 5.66. The van der Waals surface area contributed by atoms with Crippen molar-refractivity contribution < 1.29 is 36.2 Å². The van der Waals surface area contributed by atoms with Crippen LogP contribution < -0.4 is 14.4 Å². The van der Waals surface area contributed by atoms with Crippen LogP contribution in [0.4, 0.5) is 14.5 Å². The lowest BCUT2D eigenvalue weighted by Gasteiger charge is -2.50. The highest BCUT2D eigenvalue weighted by Gasteiger charge is 2.50. The number of nitrogens with zero attached hydrogens (tertiary/aromatic N) is 2. The second-order valence-electron chi connectivity index (χ2n) is 16.5. The Morgan fingerprint density at radius 2 is 1.73 bits per heavy atom. The molecule has 13 heteroatoms. The van der Waals surface area contributed by atoms with Gasteiger partial charge in [0.15, 0.2) is 6.29 Å². The fraction of sp³-hybridized carbons (Fsp3) is 0.667. The zero-order chi connectivity index (χ0) is 36.4. The fourth-order valence-corrected chi connectivity index (χ4v) is 11.2.